The average Bonchev–Trinajstić information content (AvgIpc) is 2.73. The van der Waals surface area contributed by atoms with Crippen molar-refractivity contribution in [3.8, 4) is 0 Å². The zero-order valence-electron chi connectivity index (χ0n) is 9.49. The number of halogens is 1. The first-order valence-electron chi connectivity index (χ1n) is 5.85. The van der Waals surface area contributed by atoms with Gasteiger partial charge in [0.1, 0.15) is 0 Å². The molecule has 2 aromatic carbocycles. The van der Waals surface area contributed by atoms with Crippen LogP contribution >= 0.6 is 15.9 Å². The smallest absolute Gasteiger partial charge is 0.0178 e. The van der Waals surface area contributed by atoms with Gasteiger partial charge in [-0.25, -0.2) is 0 Å². The van der Waals surface area contributed by atoms with Crippen molar-refractivity contribution >= 4 is 21.5 Å². The second-order valence-corrected chi connectivity index (χ2v) is 5.31. The van der Waals surface area contributed by atoms with E-state index >= 15 is 0 Å². The zero-order chi connectivity index (χ0) is 11.7. The van der Waals surface area contributed by atoms with Crippen LogP contribution in [0.15, 0.2) is 59.1 Å². The molecule has 0 N–H and O–H groups in total. The fourth-order valence-corrected chi connectivity index (χ4v) is 2.78. The highest BCUT2D eigenvalue weighted by molar-refractivity contribution is 9.10. The molecule has 0 heterocycles. The lowest BCUT2D eigenvalue weighted by Crippen LogP contribution is -1.89. The van der Waals surface area contributed by atoms with E-state index in [-0.39, 0.29) is 0 Å². The molecule has 0 aliphatic heterocycles. The van der Waals surface area contributed by atoms with Gasteiger partial charge in [-0.05, 0) is 47.2 Å². The lowest BCUT2D eigenvalue weighted by molar-refractivity contribution is 1.29. The minimum absolute atomic E-state index is 1.04. The van der Waals surface area contributed by atoms with E-state index in [9.17, 15) is 0 Å². The topological polar surface area (TPSA) is 0 Å². The maximum atomic E-state index is 3.53. The normalized spacial score (nSPS) is 13.4. The summed E-state index contributed by atoms with van der Waals surface area (Å²) in [6.45, 7) is 0. The summed E-state index contributed by atoms with van der Waals surface area (Å²) < 4.78 is 1.17. The third-order valence-corrected chi connectivity index (χ3v) is 3.71. The standard InChI is InChI=1S/C16H13Br/c17-15-8-9-16-13(6-7-14(16)11-15)10-12-4-2-1-3-5-12/h1-6,8-9,11H,7,10H2. The van der Waals surface area contributed by atoms with E-state index in [0.29, 0.717) is 0 Å². The average molecular weight is 285 g/mol. The van der Waals surface area contributed by atoms with Crippen LogP contribution in [0.3, 0.4) is 0 Å². The van der Waals surface area contributed by atoms with Crippen molar-refractivity contribution in [2.24, 2.45) is 0 Å². The largest absolute Gasteiger partial charge is 0.0759 e. The summed E-state index contributed by atoms with van der Waals surface area (Å²) in [7, 11) is 0. The second kappa shape index (κ2) is 4.50. The number of rotatable bonds is 2. The van der Waals surface area contributed by atoms with Crippen LogP contribution in [0.5, 0.6) is 0 Å². The van der Waals surface area contributed by atoms with Crippen molar-refractivity contribution < 1.29 is 0 Å². The van der Waals surface area contributed by atoms with Crippen LogP contribution in [0.25, 0.3) is 5.57 Å². The molecule has 1 heteroatoms. The van der Waals surface area contributed by atoms with Crippen LogP contribution in [-0.2, 0) is 12.8 Å². The fourth-order valence-electron chi connectivity index (χ4n) is 2.37. The first-order chi connectivity index (χ1) is 8.33. The first-order valence-corrected chi connectivity index (χ1v) is 6.64. The Kier molecular flexibility index (Phi) is 2.86. The minimum Gasteiger partial charge on any atom is -0.0759 e. The van der Waals surface area contributed by atoms with Gasteiger partial charge in [0.15, 0.2) is 0 Å². The van der Waals surface area contributed by atoms with Gasteiger partial charge in [-0.15, -0.1) is 0 Å². The maximum absolute atomic E-state index is 3.53. The van der Waals surface area contributed by atoms with Gasteiger partial charge in [0.05, 0.1) is 0 Å². The molecule has 0 unspecified atom stereocenters. The quantitative estimate of drug-likeness (QED) is 0.754. The summed E-state index contributed by atoms with van der Waals surface area (Å²) in [5.41, 5.74) is 5.69. The maximum Gasteiger partial charge on any atom is 0.0178 e. The molecule has 0 saturated carbocycles. The number of hydrogen-bond acceptors (Lipinski definition) is 0. The summed E-state index contributed by atoms with van der Waals surface area (Å²) >= 11 is 3.53. The lowest BCUT2D eigenvalue weighted by Gasteiger charge is -2.06. The monoisotopic (exact) mass is 284 g/mol. The van der Waals surface area contributed by atoms with Crippen molar-refractivity contribution in [2.45, 2.75) is 12.8 Å². The summed E-state index contributed by atoms with van der Waals surface area (Å²) in [4.78, 5) is 0. The molecule has 1 aliphatic carbocycles. The molecule has 1 aliphatic rings. The van der Waals surface area contributed by atoms with Crippen molar-refractivity contribution in [1.29, 1.82) is 0 Å². The van der Waals surface area contributed by atoms with Crippen LogP contribution in [0.2, 0.25) is 0 Å². The van der Waals surface area contributed by atoms with Gasteiger partial charge in [-0.3, -0.25) is 0 Å². The first kappa shape index (κ1) is 10.8. The molecule has 0 nitrogen and oxygen atoms in total. The van der Waals surface area contributed by atoms with Gasteiger partial charge < -0.3 is 0 Å². The second-order valence-electron chi connectivity index (χ2n) is 4.40. The van der Waals surface area contributed by atoms with Gasteiger partial charge in [-0.1, -0.05) is 58.4 Å². The molecule has 2 aromatic rings. The summed E-state index contributed by atoms with van der Waals surface area (Å²) in [6.07, 6.45) is 4.45. The van der Waals surface area contributed by atoms with Crippen molar-refractivity contribution in [3.05, 3.63) is 75.8 Å². The highest BCUT2D eigenvalue weighted by atomic mass is 79.9. The zero-order valence-corrected chi connectivity index (χ0v) is 11.1. The van der Waals surface area contributed by atoms with E-state index in [1.807, 2.05) is 0 Å². The van der Waals surface area contributed by atoms with E-state index in [2.05, 4.69) is 70.5 Å². The van der Waals surface area contributed by atoms with Gasteiger partial charge in [0.2, 0.25) is 0 Å². The van der Waals surface area contributed by atoms with E-state index in [1.54, 1.807) is 0 Å². The lowest BCUT2D eigenvalue weighted by atomic mass is 9.99. The fraction of sp³-hybridized carbons (Fsp3) is 0.125. The Hall–Kier alpha value is -1.34. The Morgan fingerprint density at radius 3 is 2.65 bits per heavy atom. The molecule has 0 saturated heterocycles. The molecule has 0 aromatic heterocycles. The van der Waals surface area contributed by atoms with Crippen molar-refractivity contribution in [3.63, 3.8) is 0 Å². The van der Waals surface area contributed by atoms with Crippen LogP contribution < -0.4 is 0 Å². The van der Waals surface area contributed by atoms with E-state index < -0.39 is 0 Å². The van der Waals surface area contributed by atoms with Crippen molar-refractivity contribution in [1.82, 2.24) is 0 Å². The van der Waals surface area contributed by atoms with E-state index in [1.165, 1.54) is 26.7 Å². The Morgan fingerprint density at radius 1 is 1.00 bits per heavy atom. The molecule has 0 bridgehead atoms. The van der Waals surface area contributed by atoms with Crippen molar-refractivity contribution in [2.75, 3.05) is 0 Å². The Labute approximate surface area is 110 Å². The van der Waals surface area contributed by atoms with Crippen LogP contribution in [0, 0.1) is 0 Å². The molecule has 0 radical (unpaired) electrons. The molecule has 0 atom stereocenters. The van der Waals surface area contributed by atoms with Gasteiger partial charge in [0.25, 0.3) is 0 Å². The van der Waals surface area contributed by atoms with Gasteiger partial charge in [0, 0.05) is 4.47 Å². The van der Waals surface area contributed by atoms with E-state index in [0.717, 1.165) is 12.8 Å². The molecular weight excluding hydrogens is 272 g/mol. The SMILES string of the molecule is Brc1ccc2c(c1)CC=C2Cc1ccccc1. The molecule has 17 heavy (non-hydrogen) atoms. The highest BCUT2D eigenvalue weighted by Crippen LogP contribution is 2.31. The summed E-state index contributed by atoms with van der Waals surface area (Å²) in [6, 6.07) is 17.2. The van der Waals surface area contributed by atoms with Gasteiger partial charge >= 0.3 is 0 Å². The Balaban J connectivity index is 1.89. The predicted molar refractivity (Wildman–Crippen MR) is 76.0 cm³/mol. The number of hydrogen-bond donors (Lipinski definition) is 0. The molecule has 0 spiro atoms. The minimum atomic E-state index is 1.04. The van der Waals surface area contributed by atoms with Crippen LogP contribution in [-0.4, -0.2) is 0 Å². The van der Waals surface area contributed by atoms with E-state index in [4.69, 9.17) is 0 Å². The molecular formula is C16H13Br. The Bertz CT molecular complexity index is 567. The third-order valence-electron chi connectivity index (χ3n) is 3.22. The third kappa shape index (κ3) is 2.20. The molecule has 3 rings (SSSR count). The van der Waals surface area contributed by atoms with Crippen LogP contribution in [0.1, 0.15) is 16.7 Å². The highest BCUT2D eigenvalue weighted by Gasteiger charge is 2.14. The number of fused-ring (bicyclic) bond motifs is 1. The predicted octanol–water partition coefficient (Wildman–Crippen LogP) is 4.63. The van der Waals surface area contributed by atoms with Gasteiger partial charge in [-0.2, -0.15) is 0 Å². The molecule has 0 amide bonds. The Morgan fingerprint density at radius 2 is 1.82 bits per heavy atom. The number of allylic oxidation sites excluding steroid dienone is 2. The summed E-state index contributed by atoms with van der Waals surface area (Å²) in [5, 5.41) is 0. The van der Waals surface area contributed by atoms with Crippen LogP contribution in [0.4, 0.5) is 0 Å². The number of benzene rings is 2. The summed E-state index contributed by atoms with van der Waals surface area (Å²) in [5.74, 6) is 0. The molecule has 84 valence electrons. The molecule has 0 fully saturated rings.